The third-order valence-corrected chi connectivity index (χ3v) is 5.30. The lowest BCUT2D eigenvalue weighted by Gasteiger charge is -2.35. The Hall–Kier alpha value is -3.54. The lowest BCUT2D eigenvalue weighted by Crippen LogP contribution is -2.47. The summed E-state index contributed by atoms with van der Waals surface area (Å²) in [7, 11) is 0. The molecule has 29 heavy (non-hydrogen) atoms. The average Bonchev–Trinajstić information content (AvgIpc) is 2.79. The minimum absolute atomic E-state index is 0.253. The van der Waals surface area contributed by atoms with Crippen LogP contribution in [0.5, 0.6) is 0 Å². The molecule has 0 saturated carbocycles. The first-order valence-corrected chi connectivity index (χ1v) is 9.72. The number of fused-ring (bicyclic) bond motifs is 1. The topological polar surface area (TPSA) is 45.2 Å². The number of piperazine rings is 1. The molecule has 1 fully saturated rings. The molecule has 6 heteroatoms. The normalized spacial score (nSPS) is 14.4. The number of benzene rings is 2. The maximum Gasteiger partial charge on any atom is 0.151 e. The molecular formula is C23H20FN5. The van der Waals surface area contributed by atoms with E-state index in [1.165, 1.54) is 12.1 Å². The number of nitrogens with zero attached hydrogens (tertiary/aromatic N) is 5. The summed E-state index contributed by atoms with van der Waals surface area (Å²) < 4.78 is 13.1. The summed E-state index contributed by atoms with van der Waals surface area (Å²) in [6.45, 7) is 3.48. The van der Waals surface area contributed by atoms with Crippen molar-refractivity contribution in [3.8, 4) is 11.3 Å². The van der Waals surface area contributed by atoms with Crippen LogP contribution in [-0.2, 0) is 0 Å². The SMILES string of the molecule is Fc1ccc(-c2ccc(N3CCN(c4ccc5ccccc5n4)CC3)nn2)cc1. The van der Waals surface area contributed by atoms with E-state index in [9.17, 15) is 4.39 Å². The molecule has 0 N–H and O–H groups in total. The second-order valence-corrected chi connectivity index (χ2v) is 7.12. The fourth-order valence-corrected chi connectivity index (χ4v) is 3.66. The predicted octanol–water partition coefficient (Wildman–Crippen LogP) is 4.16. The van der Waals surface area contributed by atoms with Crippen LogP contribution in [0.4, 0.5) is 16.0 Å². The maximum absolute atomic E-state index is 13.1. The molecule has 0 unspecified atom stereocenters. The summed E-state index contributed by atoms with van der Waals surface area (Å²) >= 11 is 0. The van der Waals surface area contributed by atoms with E-state index in [0.29, 0.717) is 0 Å². The summed E-state index contributed by atoms with van der Waals surface area (Å²) in [4.78, 5) is 9.34. The Bertz CT molecular complexity index is 1120. The minimum Gasteiger partial charge on any atom is -0.353 e. The number of rotatable bonds is 3. The second kappa shape index (κ2) is 7.47. The first-order chi connectivity index (χ1) is 14.3. The second-order valence-electron chi connectivity index (χ2n) is 7.12. The number of halogens is 1. The van der Waals surface area contributed by atoms with Crippen molar-refractivity contribution in [3.05, 3.63) is 78.6 Å². The fraction of sp³-hybridized carbons (Fsp3) is 0.174. The first kappa shape index (κ1) is 17.6. The van der Waals surface area contributed by atoms with Crippen LogP contribution in [0.1, 0.15) is 0 Å². The first-order valence-electron chi connectivity index (χ1n) is 9.72. The van der Waals surface area contributed by atoms with Gasteiger partial charge in [-0.1, -0.05) is 18.2 Å². The smallest absolute Gasteiger partial charge is 0.151 e. The largest absolute Gasteiger partial charge is 0.353 e. The van der Waals surface area contributed by atoms with Crippen molar-refractivity contribution in [1.29, 1.82) is 0 Å². The van der Waals surface area contributed by atoms with Gasteiger partial charge in [0.25, 0.3) is 0 Å². The van der Waals surface area contributed by atoms with Gasteiger partial charge in [-0.15, -0.1) is 10.2 Å². The molecule has 0 aliphatic carbocycles. The third kappa shape index (κ3) is 3.61. The van der Waals surface area contributed by atoms with Crippen LogP contribution in [0, 0.1) is 5.82 Å². The van der Waals surface area contributed by atoms with Crippen LogP contribution in [0.2, 0.25) is 0 Å². The van der Waals surface area contributed by atoms with Gasteiger partial charge in [-0.3, -0.25) is 0 Å². The fourth-order valence-electron chi connectivity index (χ4n) is 3.66. The van der Waals surface area contributed by atoms with Gasteiger partial charge in [0.15, 0.2) is 5.82 Å². The highest BCUT2D eigenvalue weighted by molar-refractivity contribution is 5.80. The zero-order valence-electron chi connectivity index (χ0n) is 15.9. The highest BCUT2D eigenvalue weighted by Crippen LogP contribution is 2.22. The summed E-state index contributed by atoms with van der Waals surface area (Å²) in [5.41, 5.74) is 2.63. The molecule has 0 radical (unpaired) electrons. The number of para-hydroxylation sites is 1. The van der Waals surface area contributed by atoms with Crippen molar-refractivity contribution in [1.82, 2.24) is 15.2 Å². The molecule has 0 bridgehead atoms. The Morgan fingerprint density at radius 3 is 2.07 bits per heavy atom. The lowest BCUT2D eigenvalue weighted by molar-refractivity contribution is 0.628. The van der Waals surface area contributed by atoms with E-state index < -0.39 is 0 Å². The van der Waals surface area contributed by atoms with E-state index in [1.807, 2.05) is 30.3 Å². The van der Waals surface area contributed by atoms with Crippen LogP contribution in [0.25, 0.3) is 22.2 Å². The third-order valence-electron chi connectivity index (χ3n) is 5.30. The number of hydrogen-bond acceptors (Lipinski definition) is 5. The lowest BCUT2D eigenvalue weighted by atomic mass is 10.1. The number of aromatic nitrogens is 3. The van der Waals surface area contributed by atoms with Gasteiger partial charge in [0.1, 0.15) is 11.6 Å². The molecule has 0 spiro atoms. The molecule has 1 saturated heterocycles. The van der Waals surface area contributed by atoms with Gasteiger partial charge in [0.05, 0.1) is 11.2 Å². The van der Waals surface area contributed by atoms with Gasteiger partial charge >= 0.3 is 0 Å². The molecule has 1 aliphatic rings. The molecule has 5 rings (SSSR count). The van der Waals surface area contributed by atoms with Crippen molar-refractivity contribution in [2.24, 2.45) is 0 Å². The van der Waals surface area contributed by atoms with Crippen LogP contribution in [0.15, 0.2) is 72.8 Å². The van der Waals surface area contributed by atoms with Crippen LogP contribution in [0.3, 0.4) is 0 Å². The van der Waals surface area contributed by atoms with E-state index in [4.69, 9.17) is 4.98 Å². The predicted molar refractivity (Wildman–Crippen MR) is 114 cm³/mol. The summed E-state index contributed by atoms with van der Waals surface area (Å²) in [6.07, 6.45) is 0. The quantitative estimate of drug-likeness (QED) is 0.530. The van der Waals surface area contributed by atoms with E-state index in [0.717, 1.165) is 60.0 Å². The van der Waals surface area contributed by atoms with Crippen molar-refractivity contribution >= 4 is 22.5 Å². The minimum atomic E-state index is -0.253. The highest BCUT2D eigenvalue weighted by atomic mass is 19.1. The van der Waals surface area contributed by atoms with E-state index in [2.05, 4.69) is 38.2 Å². The number of hydrogen-bond donors (Lipinski definition) is 0. The molecule has 3 heterocycles. The van der Waals surface area contributed by atoms with Gasteiger partial charge < -0.3 is 9.80 Å². The van der Waals surface area contributed by atoms with Gasteiger partial charge in [0, 0.05) is 37.1 Å². The molecule has 2 aromatic carbocycles. The molecule has 2 aromatic heterocycles. The van der Waals surface area contributed by atoms with Crippen LogP contribution in [-0.4, -0.2) is 41.4 Å². The molecule has 0 atom stereocenters. The van der Waals surface area contributed by atoms with Gasteiger partial charge in [-0.25, -0.2) is 9.37 Å². The number of pyridine rings is 1. The standard InChI is InChI=1S/C23H20FN5/c24-19-8-5-18(6-9-19)21-10-12-23(27-26-21)29-15-13-28(14-16-29)22-11-7-17-3-1-2-4-20(17)25-22/h1-12H,13-16H2. The highest BCUT2D eigenvalue weighted by Gasteiger charge is 2.19. The van der Waals surface area contributed by atoms with E-state index >= 15 is 0 Å². The Morgan fingerprint density at radius 1 is 0.655 bits per heavy atom. The van der Waals surface area contributed by atoms with Gasteiger partial charge in [-0.05, 0) is 54.6 Å². The Balaban J connectivity index is 1.26. The maximum atomic E-state index is 13.1. The monoisotopic (exact) mass is 385 g/mol. The summed E-state index contributed by atoms with van der Waals surface area (Å²) in [5.74, 6) is 1.63. The van der Waals surface area contributed by atoms with E-state index in [1.54, 1.807) is 12.1 Å². The zero-order valence-corrected chi connectivity index (χ0v) is 15.9. The van der Waals surface area contributed by atoms with Crippen molar-refractivity contribution in [2.75, 3.05) is 36.0 Å². The van der Waals surface area contributed by atoms with Crippen LogP contribution < -0.4 is 9.80 Å². The van der Waals surface area contributed by atoms with Crippen molar-refractivity contribution in [2.45, 2.75) is 0 Å². The molecule has 1 aliphatic heterocycles. The molecular weight excluding hydrogens is 365 g/mol. The summed E-state index contributed by atoms with van der Waals surface area (Å²) in [5, 5.41) is 9.87. The van der Waals surface area contributed by atoms with Crippen molar-refractivity contribution in [3.63, 3.8) is 0 Å². The van der Waals surface area contributed by atoms with Gasteiger partial charge in [-0.2, -0.15) is 0 Å². The summed E-state index contributed by atoms with van der Waals surface area (Å²) in [6, 6.07) is 22.6. The molecule has 5 nitrogen and oxygen atoms in total. The van der Waals surface area contributed by atoms with Crippen LogP contribution >= 0.6 is 0 Å². The Labute approximate surface area is 168 Å². The zero-order chi connectivity index (χ0) is 19.6. The molecule has 4 aromatic rings. The number of anilines is 2. The Kier molecular flexibility index (Phi) is 4.52. The molecule has 144 valence electrons. The van der Waals surface area contributed by atoms with E-state index in [-0.39, 0.29) is 5.82 Å². The van der Waals surface area contributed by atoms with Gasteiger partial charge in [0.2, 0.25) is 0 Å². The Morgan fingerprint density at radius 2 is 1.34 bits per heavy atom. The average molecular weight is 385 g/mol. The van der Waals surface area contributed by atoms with Crippen molar-refractivity contribution < 1.29 is 4.39 Å². The molecule has 0 amide bonds.